The van der Waals surface area contributed by atoms with Gasteiger partial charge in [-0.15, -0.1) is 0 Å². The van der Waals surface area contributed by atoms with Crippen LogP contribution in [0.5, 0.6) is 0 Å². The Kier molecular flexibility index (Phi) is 1.15. The number of aromatic nitrogens is 1. The molecule has 0 spiro atoms. The molecule has 0 fully saturated rings. The highest BCUT2D eigenvalue weighted by Gasteiger charge is 2.08. The average molecular weight is 146 g/mol. The fourth-order valence-corrected chi connectivity index (χ4v) is 1.21. The summed E-state index contributed by atoms with van der Waals surface area (Å²) in [6.45, 7) is 3.95. The van der Waals surface area contributed by atoms with E-state index in [1.807, 2.05) is 30.4 Å². The summed E-state index contributed by atoms with van der Waals surface area (Å²) < 4.78 is 2.06. The maximum absolute atomic E-state index is 3.95. The van der Waals surface area contributed by atoms with Crippen molar-refractivity contribution in [3.05, 3.63) is 36.8 Å². The third-order valence-corrected chi connectivity index (χ3v) is 1.93. The lowest BCUT2D eigenvalue weighted by atomic mass is 10.3. The van der Waals surface area contributed by atoms with Gasteiger partial charge in [-0.05, 0) is 18.2 Å². The fourth-order valence-electron chi connectivity index (χ4n) is 1.21. The summed E-state index contributed by atoms with van der Waals surface area (Å²) in [5.74, 6) is 0.993. The summed E-state index contributed by atoms with van der Waals surface area (Å²) in [5, 5.41) is 0. The van der Waals surface area contributed by atoms with Crippen LogP contribution in [0.25, 0.3) is 11.9 Å². The molecular formula is C9H10N2. The summed E-state index contributed by atoms with van der Waals surface area (Å²) in [4.78, 5) is 1.99. The third-order valence-electron chi connectivity index (χ3n) is 1.93. The van der Waals surface area contributed by atoms with Crippen LogP contribution >= 0.6 is 0 Å². The molecule has 0 aliphatic carbocycles. The van der Waals surface area contributed by atoms with Crippen LogP contribution in [0.2, 0.25) is 0 Å². The van der Waals surface area contributed by atoms with Gasteiger partial charge in [0.05, 0.1) is 0 Å². The van der Waals surface area contributed by atoms with E-state index in [1.165, 1.54) is 5.69 Å². The van der Waals surface area contributed by atoms with E-state index in [0.29, 0.717) is 0 Å². The second kappa shape index (κ2) is 2.02. The van der Waals surface area contributed by atoms with Crippen LogP contribution in [-0.2, 0) is 0 Å². The molecule has 0 bridgehead atoms. The maximum atomic E-state index is 3.95. The lowest BCUT2D eigenvalue weighted by molar-refractivity contribution is 0.607. The first kappa shape index (κ1) is 6.28. The van der Waals surface area contributed by atoms with Gasteiger partial charge in [-0.2, -0.15) is 0 Å². The molecule has 1 aromatic heterocycles. The second-order valence-corrected chi connectivity index (χ2v) is 2.65. The first-order valence-corrected chi connectivity index (χ1v) is 3.57. The highest BCUT2D eigenvalue weighted by Crippen LogP contribution is 2.18. The first-order valence-electron chi connectivity index (χ1n) is 3.57. The van der Waals surface area contributed by atoms with Crippen LogP contribution in [-0.4, -0.2) is 16.5 Å². The Morgan fingerprint density at radius 2 is 2.27 bits per heavy atom. The molecule has 1 aliphatic heterocycles. The minimum Gasteiger partial charge on any atom is -0.338 e. The van der Waals surface area contributed by atoms with Crippen LogP contribution in [0.3, 0.4) is 0 Å². The van der Waals surface area contributed by atoms with Crippen LogP contribution in [0.1, 0.15) is 5.69 Å². The van der Waals surface area contributed by atoms with E-state index < -0.39 is 0 Å². The van der Waals surface area contributed by atoms with Crippen molar-refractivity contribution in [1.29, 1.82) is 0 Å². The lowest BCUT2D eigenvalue weighted by Crippen LogP contribution is -2.17. The molecule has 0 aromatic carbocycles. The normalized spacial score (nSPS) is 15.4. The summed E-state index contributed by atoms with van der Waals surface area (Å²) >= 11 is 0. The van der Waals surface area contributed by atoms with E-state index in [2.05, 4.69) is 23.3 Å². The molecule has 0 amide bonds. The molecule has 0 radical (unpaired) electrons. The first-order chi connectivity index (χ1) is 5.29. The molecule has 0 unspecified atom stereocenters. The number of hydrogen-bond acceptors (Lipinski definition) is 1. The number of hydrogen-bond donors (Lipinski definition) is 0. The van der Waals surface area contributed by atoms with Gasteiger partial charge < -0.3 is 9.47 Å². The van der Waals surface area contributed by atoms with Gasteiger partial charge in [0.25, 0.3) is 0 Å². The maximum Gasteiger partial charge on any atom is 0.109 e. The van der Waals surface area contributed by atoms with E-state index in [9.17, 15) is 0 Å². The van der Waals surface area contributed by atoms with Gasteiger partial charge in [0, 0.05) is 25.1 Å². The van der Waals surface area contributed by atoms with Crippen molar-refractivity contribution >= 4 is 11.9 Å². The van der Waals surface area contributed by atoms with Crippen LogP contribution in [0.15, 0.2) is 31.1 Å². The van der Waals surface area contributed by atoms with Crippen LogP contribution < -0.4 is 0 Å². The van der Waals surface area contributed by atoms with E-state index in [1.54, 1.807) is 0 Å². The van der Waals surface area contributed by atoms with Crippen molar-refractivity contribution in [2.75, 3.05) is 7.05 Å². The van der Waals surface area contributed by atoms with Crippen molar-refractivity contribution in [1.82, 2.24) is 9.47 Å². The van der Waals surface area contributed by atoms with Gasteiger partial charge in [0.15, 0.2) is 0 Å². The largest absolute Gasteiger partial charge is 0.338 e. The van der Waals surface area contributed by atoms with Crippen molar-refractivity contribution in [2.45, 2.75) is 0 Å². The van der Waals surface area contributed by atoms with Gasteiger partial charge >= 0.3 is 0 Å². The Hall–Kier alpha value is -1.44. The highest BCUT2D eigenvalue weighted by atomic mass is 15.2. The molecule has 2 rings (SSSR count). The molecule has 2 nitrogen and oxygen atoms in total. The molecule has 11 heavy (non-hydrogen) atoms. The zero-order valence-corrected chi connectivity index (χ0v) is 6.49. The summed E-state index contributed by atoms with van der Waals surface area (Å²) in [5.41, 5.74) is 1.19. The molecule has 0 saturated carbocycles. The zero-order valence-electron chi connectivity index (χ0n) is 6.49. The van der Waals surface area contributed by atoms with Crippen molar-refractivity contribution in [3.63, 3.8) is 0 Å². The standard InChI is InChI=1S/C9H10N2/c1-8-10(2)7-5-9-4-3-6-11(8)9/h3-7H,1H2,2H3. The van der Waals surface area contributed by atoms with Crippen molar-refractivity contribution < 1.29 is 0 Å². The Balaban J connectivity index is 2.57. The van der Waals surface area contributed by atoms with Crippen LogP contribution in [0.4, 0.5) is 0 Å². The van der Waals surface area contributed by atoms with Gasteiger partial charge in [-0.1, -0.05) is 6.58 Å². The van der Waals surface area contributed by atoms with E-state index in [0.717, 1.165) is 5.82 Å². The summed E-state index contributed by atoms with van der Waals surface area (Å²) in [6.07, 6.45) is 6.09. The van der Waals surface area contributed by atoms with Crippen molar-refractivity contribution in [3.8, 4) is 0 Å². The molecule has 1 aliphatic rings. The number of rotatable bonds is 0. The topological polar surface area (TPSA) is 8.17 Å². The summed E-state index contributed by atoms with van der Waals surface area (Å²) in [7, 11) is 1.99. The molecule has 1 aromatic rings. The monoisotopic (exact) mass is 146 g/mol. The Morgan fingerprint density at radius 3 is 3.09 bits per heavy atom. The minimum atomic E-state index is 0.993. The molecular weight excluding hydrogens is 136 g/mol. The Bertz CT molecular complexity index is 320. The van der Waals surface area contributed by atoms with Crippen LogP contribution in [0, 0.1) is 0 Å². The van der Waals surface area contributed by atoms with Gasteiger partial charge in [0.1, 0.15) is 5.82 Å². The Labute approximate surface area is 66.1 Å². The molecule has 2 heterocycles. The van der Waals surface area contributed by atoms with Gasteiger partial charge in [-0.25, -0.2) is 0 Å². The van der Waals surface area contributed by atoms with E-state index in [4.69, 9.17) is 0 Å². The molecule has 2 heteroatoms. The molecule has 56 valence electrons. The second-order valence-electron chi connectivity index (χ2n) is 2.65. The summed E-state index contributed by atoms with van der Waals surface area (Å²) in [6, 6.07) is 4.08. The number of fused-ring (bicyclic) bond motifs is 1. The lowest BCUT2D eigenvalue weighted by Gasteiger charge is -2.23. The highest BCUT2D eigenvalue weighted by molar-refractivity contribution is 5.59. The zero-order chi connectivity index (χ0) is 7.84. The predicted octanol–water partition coefficient (Wildman–Crippen LogP) is 1.83. The van der Waals surface area contributed by atoms with E-state index >= 15 is 0 Å². The molecule has 0 N–H and O–H groups in total. The van der Waals surface area contributed by atoms with Crippen molar-refractivity contribution in [2.24, 2.45) is 0 Å². The average Bonchev–Trinajstić information content (AvgIpc) is 2.45. The van der Waals surface area contributed by atoms with E-state index in [-0.39, 0.29) is 0 Å². The quantitative estimate of drug-likeness (QED) is 0.542. The minimum absolute atomic E-state index is 0.993. The third kappa shape index (κ3) is 0.792. The SMILES string of the molecule is C=C1N(C)C=Cc2cccn21. The molecule has 0 atom stereocenters. The number of nitrogens with zero attached hydrogens (tertiary/aromatic N) is 2. The smallest absolute Gasteiger partial charge is 0.109 e. The van der Waals surface area contributed by atoms with Gasteiger partial charge in [0.2, 0.25) is 0 Å². The van der Waals surface area contributed by atoms with Gasteiger partial charge in [-0.3, -0.25) is 0 Å². The fraction of sp³-hybridized carbons (Fsp3) is 0.111. The Morgan fingerprint density at radius 1 is 1.45 bits per heavy atom. The predicted molar refractivity (Wildman–Crippen MR) is 46.6 cm³/mol. The molecule has 0 saturated heterocycles.